The van der Waals surface area contributed by atoms with Crippen LogP contribution >= 0.6 is 11.8 Å². The van der Waals surface area contributed by atoms with Crippen LogP contribution in [-0.4, -0.2) is 0 Å². The number of para-hydroxylation sites is 3. The summed E-state index contributed by atoms with van der Waals surface area (Å²) in [6.45, 7) is 0. The van der Waals surface area contributed by atoms with Gasteiger partial charge in [0.1, 0.15) is 28.4 Å². The summed E-state index contributed by atoms with van der Waals surface area (Å²) in [5, 5.41) is 2.09. The number of anilines is 3. The van der Waals surface area contributed by atoms with Crippen LogP contribution in [0.5, 0.6) is 23.0 Å². The first-order valence-electron chi connectivity index (χ1n) is 27.0. The summed E-state index contributed by atoms with van der Waals surface area (Å²) in [6, 6.07) is 98.9. The molecule has 12 aromatic carbocycles. The van der Waals surface area contributed by atoms with Crippen molar-refractivity contribution >= 4 is 50.8 Å². The molecule has 0 bridgehead atoms. The number of ether oxygens (including phenoxy) is 2. The van der Waals surface area contributed by atoms with E-state index >= 15 is 0 Å². The SMILES string of the molecule is c1ccc(Oc2ccc3c(c2)Sc2ccc(N(c4ccc5oc6cc(-c7ccccc7)ccc6c5c4)c4cccc5c4Oc4ccccc4C54c5ccccc5-c5ccccc54)cc2C32c3ccccc3-c3ccccc32)cc1. The van der Waals surface area contributed by atoms with Crippen LogP contribution in [0.15, 0.2) is 287 Å². The number of benzene rings is 12. The van der Waals surface area contributed by atoms with Gasteiger partial charge in [0.2, 0.25) is 0 Å². The summed E-state index contributed by atoms with van der Waals surface area (Å²) in [6.07, 6.45) is 0. The van der Waals surface area contributed by atoms with Crippen molar-refractivity contribution in [1.29, 1.82) is 0 Å². The first-order chi connectivity index (χ1) is 39.1. The molecule has 4 aliphatic rings. The van der Waals surface area contributed by atoms with Gasteiger partial charge in [0.05, 0.1) is 16.5 Å². The highest BCUT2D eigenvalue weighted by Crippen LogP contribution is 2.66. The Morgan fingerprint density at radius 3 is 1.62 bits per heavy atom. The fraction of sp³-hybridized carbons (Fsp3) is 0.0270. The van der Waals surface area contributed by atoms with Gasteiger partial charge in [-0.2, -0.15) is 0 Å². The quantitative estimate of drug-likeness (QED) is 0.166. The Balaban J connectivity index is 0.927. The third kappa shape index (κ3) is 6.22. The van der Waals surface area contributed by atoms with Gasteiger partial charge in [0.25, 0.3) is 0 Å². The van der Waals surface area contributed by atoms with E-state index in [-0.39, 0.29) is 0 Å². The van der Waals surface area contributed by atoms with Crippen LogP contribution in [-0.2, 0) is 10.8 Å². The maximum absolute atomic E-state index is 7.47. The zero-order valence-electron chi connectivity index (χ0n) is 42.6. The lowest BCUT2D eigenvalue weighted by atomic mass is 9.66. The second-order valence-electron chi connectivity index (χ2n) is 21.0. The third-order valence-corrected chi connectivity index (χ3v) is 18.2. The van der Waals surface area contributed by atoms with E-state index in [2.05, 4.69) is 248 Å². The topological polar surface area (TPSA) is 34.8 Å². The summed E-state index contributed by atoms with van der Waals surface area (Å²) >= 11 is 1.81. The van der Waals surface area contributed by atoms with Crippen molar-refractivity contribution in [3.63, 3.8) is 0 Å². The maximum Gasteiger partial charge on any atom is 0.156 e. The minimum absolute atomic E-state index is 0.652. The third-order valence-electron chi connectivity index (χ3n) is 17.0. The van der Waals surface area contributed by atoms with E-state index in [0.717, 1.165) is 89.1 Å². The van der Waals surface area contributed by atoms with Crippen LogP contribution in [0, 0.1) is 0 Å². The highest BCUT2D eigenvalue weighted by atomic mass is 32.2. The lowest BCUT2D eigenvalue weighted by molar-refractivity contribution is 0.437. The Labute approximate surface area is 461 Å². The summed E-state index contributed by atoms with van der Waals surface area (Å²) in [5.41, 5.74) is 20.2. The Morgan fingerprint density at radius 2 is 0.924 bits per heavy atom. The van der Waals surface area contributed by atoms with Crippen LogP contribution in [0.3, 0.4) is 0 Å². The van der Waals surface area contributed by atoms with E-state index < -0.39 is 10.8 Å². The number of hydrogen-bond acceptors (Lipinski definition) is 5. The van der Waals surface area contributed by atoms with Crippen LogP contribution in [0.25, 0.3) is 55.3 Å². The highest BCUT2D eigenvalue weighted by Gasteiger charge is 2.53. The fourth-order valence-corrected chi connectivity index (χ4v) is 15.1. The van der Waals surface area contributed by atoms with Crippen LogP contribution in [0.2, 0.25) is 0 Å². The first-order valence-corrected chi connectivity index (χ1v) is 27.8. The van der Waals surface area contributed by atoms with Crippen molar-refractivity contribution in [2.75, 3.05) is 4.90 Å². The molecule has 2 aliphatic carbocycles. The van der Waals surface area contributed by atoms with Gasteiger partial charge in [-0.3, -0.25) is 0 Å². The molecule has 370 valence electrons. The second-order valence-corrected chi connectivity index (χ2v) is 22.1. The zero-order valence-corrected chi connectivity index (χ0v) is 43.4. The van der Waals surface area contributed by atoms with Gasteiger partial charge in [-0.15, -0.1) is 0 Å². The monoisotopic (exact) mass is 1030 g/mol. The van der Waals surface area contributed by atoms with E-state index in [9.17, 15) is 0 Å². The van der Waals surface area contributed by atoms with Crippen molar-refractivity contribution in [3.8, 4) is 56.4 Å². The Bertz CT molecular complexity index is 4580. The van der Waals surface area contributed by atoms with Crippen molar-refractivity contribution in [2.45, 2.75) is 20.6 Å². The molecule has 0 atom stereocenters. The molecule has 3 heterocycles. The Morgan fingerprint density at radius 1 is 0.342 bits per heavy atom. The molecule has 0 saturated carbocycles. The van der Waals surface area contributed by atoms with E-state index in [1.54, 1.807) is 0 Å². The van der Waals surface area contributed by atoms with Crippen LogP contribution in [0.4, 0.5) is 17.1 Å². The predicted octanol–water partition coefficient (Wildman–Crippen LogP) is 19.8. The smallest absolute Gasteiger partial charge is 0.156 e. The average Bonchev–Trinajstić information content (AvgIpc) is 4.34. The minimum Gasteiger partial charge on any atom is -0.457 e. The second kappa shape index (κ2) is 16.8. The van der Waals surface area contributed by atoms with Crippen LogP contribution in [0.1, 0.15) is 44.5 Å². The molecule has 2 aliphatic heterocycles. The van der Waals surface area contributed by atoms with Gasteiger partial charge in [-0.05, 0) is 152 Å². The van der Waals surface area contributed by atoms with Crippen LogP contribution < -0.4 is 14.4 Å². The van der Waals surface area contributed by atoms with Gasteiger partial charge >= 0.3 is 0 Å². The van der Waals surface area contributed by atoms with Crippen molar-refractivity contribution < 1.29 is 13.9 Å². The number of hydrogen-bond donors (Lipinski definition) is 0. The molecule has 5 heteroatoms. The molecule has 0 fully saturated rings. The van der Waals surface area contributed by atoms with Gasteiger partial charge in [0.15, 0.2) is 5.75 Å². The minimum atomic E-state index is -0.663. The van der Waals surface area contributed by atoms with E-state index in [0.29, 0.717) is 0 Å². The van der Waals surface area contributed by atoms with E-state index in [1.807, 2.05) is 42.1 Å². The molecule has 0 saturated heterocycles. The lowest BCUT2D eigenvalue weighted by Gasteiger charge is -2.42. The van der Waals surface area contributed by atoms with E-state index in [4.69, 9.17) is 13.9 Å². The predicted molar refractivity (Wildman–Crippen MR) is 319 cm³/mol. The molecular weight excluding hydrogens is 983 g/mol. The zero-order chi connectivity index (χ0) is 51.8. The maximum atomic E-state index is 7.47. The largest absolute Gasteiger partial charge is 0.457 e. The molecule has 17 rings (SSSR count). The van der Waals surface area contributed by atoms with Gasteiger partial charge in [-0.1, -0.05) is 200 Å². The summed E-state index contributed by atoms with van der Waals surface area (Å²) < 4.78 is 20.8. The molecule has 13 aromatic rings. The van der Waals surface area contributed by atoms with Gasteiger partial charge in [0, 0.05) is 43.1 Å². The normalized spacial score (nSPS) is 14.1. The lowest BCUT2D eigenvalue weighted by Crippen LogP contribution is -2.33. The molecular formula is C74H45NO3S. The Hall–Kier alpha value is -9.81. The molecule has 0 radical (unpaired) electrons. The summed E-state index contributed by atoms with van der Waals surface area (Å²) in [5.74, 6) is 3.26. The number of rotatable bonds is 6. The fourth-order valence-electron chi connectivity index (χ4n) is 13.9. The highest BCUT2D eigenvalue weighted by molar-refractivity contribution is 7.99. The molecule has 2 spiro atoms. The first kappa shape index (κ1) is 44.3. The Kier molecular flexibility index (Phi) is 9.45. The van der Waals surface area contributed by atoms with Crippen molar-refractivity contribution in [3.05, 3.63) is 317 Å². The van der Waals surface area contributed by atoms with Gasteiger partial charge in [-0.25, -0.2) is 0 Å². The molecule has 0 amide bonds. The standard InChI is InChI=1S/C74H45NO3S/c1-3-18-46(19-4-1)47-34-38-56-57-43-48(35-40-67(57)77-69(56)42-47)75(66-32-17-31-64-72(66)78-68-33-16-15-30-62(68)73(64)58-26-11-7-22-52(58)53-23-8-12-27-59(53)73)49-36-41-70-65(44-49)74(60-28-13-9-24-54(60)55-25-10-14-29-61(55)74)63-39-37-51(45-71(63)79-70)76-50-20-5-2-6-21-50/h1-45H. The van der Waals surface area contributed by atoms with Gasteiger partial charge < -0.3 is 18.8 Å². The van der Waals surface area contributed by atoms with E-state index in [1.165, 1.54) is 60.5 Å². The molecule has 0 N–H and O–H groups in total. The molecule has 0 unspecified atom stereocenters. The number of nitrogens with zero attached hydrogens (tertiary/aromatic N) is 1. The molecule has 1 aromatic heterocycles. The van der Waals surface area contributed by atoms with Crippen molar-refractivity contribution in [1.82, 2.24) is 0 Å². The summed E-state index contributed by atoms with van der Waals surface area (Å²) in [7, 11) is 0. The molecule has 79 heavy (non-hydrogen) atoms. The molecule has 4 nitrogen and oxygen atoms in total. The summed E-state index contributed by atoms with van der Waals surface area (Å²) in [4.78, 5) is 4.78. The van der Waals surface area contributed by atoms with Crippen molar-refractivity contribution in [2.24, 2.45) is 0 Å². The average molecular weight is 1030 g/mol. The number of furan rings is 1. The number of fused-ring (bicyclic) bond motifs is 21.